The Labute approximate surface area is 197 Å². The van der Waals surface area contributed by atoms with Gasteiger partial charge in [0.05, 0.1) is 13.2 Å². The molecule has 34 heavy (non-hydrogen) atoms. The van der Waals surface area contributed by atoms with Crippen LogP contribution in [0.3, 0.4) is 0 Å². The maximum Gasteiger partial charge on any atom is 0.328 e. The predicted molar refractivity (Wildman–Crippen MR) is 123 cm³/mol. The van der Waals surface area contributed by atoms with E-state index in [-0.39, 0.29) is 37.4 Å². The van der Waals surface area contributed by atoms with Gasteiger partial charge in [0.2, 0.25) is 0 Å². The molecule has 0 bridgehead atoms. The summed E-state index contributed by atoms with van der Waals surface area (Å²) in [7, 11) is 0. The number of nitrogens with one attached hydrogen (secondary N) is 2. The molecule has 2 unspecified atom stereocenters. The monoisotopic (exact) mass is 468 g/mol. The van der Waals surface area contributed by atoms with Crippen molar-refractivity contribution in [2.75, 3.05) is 13.2 Å². The number of ether oxygens (including phenoxy) is 2. The molecule has 180 valence electrons. The van der Waals surface area contributed by atoms with Crippen LogP contribution in [-0.4, -0.2) is 59.0 Å². The third-order valence-corrected chi connectivity index (χ3v) is 4.46. The number of hydrogen-bond acceptors (Lipinski definition) is 8. The first-order valence-electron chi connectivity index (χ1n) is 10.9. The van der Waals surface area contributed by atoms with Crippen LogP contribution < -0.4 is 10.6 Å². The van der Waals surface area contributed by atoms with Crippen LogP contribution in [0.25, 0.3) is 0 Å². The summed E-state index contributed by atoms with van der Waals surface area (Å²) >= 11 is 0. The van der Waals surface area contributed by atoms with E-state index in [1.54, 1.807) is 50.3 Å². The lowest BCUT2D eigenvalue weighted by Crippen LogP contribution is -2.42. The molecule has 2 atom stereocenters. The third-order valence-electron chi connectivity index (χ3n) is 4.46. The maximum atomic E-state index is 12.4. The second kappa shape index (κ2) is 14.1. The Morgan fingerprint density at radius 1 is 0.765 bits per heavy atom. The van der Waals surface area contributed by atoms with Crippen LogP contribution in [0.1, 0.15) is 47.7 Å². The van der Waals surface area contributed by atoms with Crippen LogP contribution in [0.4, 0.5) is 0 Å². The number of pyridine rings is 2. The summed E-state index contributed by atoms with van der Waals surface area (Å²) in [6.07, 6.45) is 6.42. The van der Waals surface area contributed by atoms with Gasteiger partial charge < -0.3 is 20.1 Å². The molecule has 10 nitrogen and oxygen atoms in total. The number of rotatable bonds is 12. The molecule has 0 spiro atoms. The number of aromatic nitrogens is 2. The zero-order chi connectivity index (χ0) is 24.8. The highest BCUT2D eigenvalue weighted by Crippen LogP contribution is 2.05. The van der Waals surface area contributed by atoms with Crippen LogP contribution in [0.5, 0.6) is 0 Å². The molecule has 0 fully saturated rings. The van der Waals surface area contributed by atoms with Crippen molar-refractivity contribution in [3.8, 4) is 0 Å². The molecule has 0 aliphatic rings. The van der Waals surface area contributed by atoms with Crippen LogP contribution in [0.15, 0.2) is 60.9 Å². The fraction of sp³-hybridized carbons (Fsp3) is 0.333. The molecule has 0 saturated heterocycles. The van der Waals surface area contributed by atoms with E-state index in [0.717, 1.165) is 0 Å². The third kappa shape index (κ3) is 8.45. The molecule has 2 N–H and O–H groups in total. The van der Waals surface area contributed by atoms with Crippen molar-refractivity contribution in [2.45, 2.75) is 38.8 Å². The number of esters is 2. The summed E-state index contributed by atoms with van der Waals surface area (Å²) in [6, 6.07) is 7.84. The minimum absolute atomic E-state index is 0.112. The van der Waals surface area contributed by atoms with E-state index in [9.17, 15) is 19.2 Å². The first-order valence-corrected chi connectivity index (χ1v) is 10.9. The fourth-order valence-electron chi connectivity index (χ4n) is 2.84. The Balaban J connectivity index is 2.03. The lowest BCUT2D eigenvalue weighted by Gasteiger charge is -2.17. The van der Waals surface area contributed by atoms with Gasteiger partial charge in [-0.3, -0.25) is 19.6 Å². The van der Waals surface area contributed by atoms with Gasteiger partial charge in [-0.1, -0.05) is 24.3 Å². The molecule has 0 saturated carbocycles. The smallest absolute Gasteiger partial charge is 0.328 e. The second-order valence-electron chi connectivity index (χ2n) is 6.93. The van der Waals surface area contributed by atoms with E-state index in [1.165, 1.54) is 24.5 Å². The first-order chi connectivity index (χ1) is 16.5. The van der Waals surface area contributed by atoms with E-state index in [1.807, 2.05) is 0 Å². The lowest BCUT2D eigenvalue weighted by molar-refractivity contribution is -0.146. The average molecular weight is 469 g/mol. The molecule has 0 aromatic carbocycles. The summed E-state index contributed by atoms with van der Waals surface area (Å²) in [4.78, 5) is 57.3. The minimum atomic E-state index is -0.949. The van der Waals surface area contributed by atoms with Gasteiger partial charge in [0.25, 0.3) is 11.8 Å². The van der Waals surface area contributed by atoms with Crippen LogP contribution in [0.2, 0.25) is 0 Å². The highest BCUT2D eigenvalue weighted by Gasteiger charge is 2.24. The Bertz CT molecular complexity index is 902. The molecule has 0 radical (unpaired) electrons. The highest BCUT2D eigenvalue weighted by molar-refractivity contribution is 5.95. The number of amides is 2. The van der Waals surface area contributed by atoms with E-state index in [2.05, 4.69) is 20.6 Å². The maximum absolute atomic E-state index is 12.4. The van der Waals surface area contributed by atoms with Crippen molar-refractivity contribution >= 4 is 23.8 Å². The molecule has 2 amide bonds. The normalized spacial score (nSPS) is 12.4. The second-order valence-corrected chi connectivity index (χ2v) is 6.93. The van der Waals surface area contributed by atoms with E-state index in [0.29, 0.717) is 0 Å². The number of hydrogen-bond donors (Lipinski definition) is 2. The van der Waals surface area contributed by atoms with Crippen molar-refractivity contribution in [1.82, 2.24) is 20.6 Å². The van der Waals surface area contributed by atoms with Crippen molar-refractivity contribution in [1.29, 1.82) is 0 Å². The number of carbonyl (C=O) groups is 4. The standard InChI is InChI=1S/C24H28N4O6/c1-3-33-23(31)19(27-21(29)17-11-7-9-15-25-17)13-5-6-14-20(24(32)34-4-2)28-22(30)18-12-8-10-16-26-18/h5-12,15-16,19-20H,3-4,13-14H2,1-2H3,(H,27,29)(H,28,30). The minimum Gasteiger partial charge on any atom is -0.464 e. The van der Waals surface area contributed by atoms with Gasteiger partial charge in [-0.2, -0.15) is 0 Å². The Morgan fingerprint density at radius 3 is 1.50 bits per heavy atom. The van der Waals surface area contributed by atoms with E-state index >= 15 is 0 Å². The van der Waals surface area contributed by atoms with E-state index < -0.39 is 35.8 Å². The molecule has 10 heteroatoms. The topological polar surface area (TPSA) is 137 Å². The van der Waals surface area contributed by atoms with Crippen molar-refractivity contribution in [3.05, 3.63) is 72.3 Å². The molecule has 2 aromatic heterocycles. The molecule has 0 aliphatic heterocycles. The van der Waals surface area contributed by atoms with Crippen molar-refractivity contribution in [2.24, 2.45) is 0 Å². The van der Waals surface area contributed by atoms with Crippen LogP contribution in [0, 0.1) is 0 Å². The number of carbonyl (C=O) groups excluding carboxylic acids is 4. The quantitative estimate of drug-likeness (QED) is 0.356. The SMILES string of the molecule is CCOC(=O)C(CC=CCC(NC(=O)c1ccccn1)C(=O)OCC)NC(=O)c1ccccn1. The Morgan fingerprint density at radius 2 is 1.18 bits per heavy atom. The van der Waals surface area contributed by atoms with Gasteiger partial charge in [-0.25, -0.2) is 9.59 Å². The Hall–Kier alpha value is -4.08. The summed E-state index contributed by atoms with van der Waals surface area (Å²) in [5, 5.41) is 5.21. The fourth-order valence-corrected chi connectivity index (χ4v) is 2.84. The van der Waals surface area contributed by atoms with E-state index in [4.69, 9.17) is 9.47 Å². The Kier molecular flexibility index (Phi) is 10.9. The summed E-state index contributed by atoms with van der Waals surface area (Å²) in [6.45, 7) is 3.64. The van der Waals surface area contributed by atoms with Gasteiger partial charge in [0.1, 0.15) is 23.5 Å². The van der Waals surface area contributed by atoms with Gasteiger partial charge in [0.15, 0.2) is 0 Å². The molecule has 0 aliphatic carbocycles. The van der Waals surface area contributed by atoms with Gasteiger partial charge in [-0.05, 0) is 51.0 Å². The highest BCUT2D eigenvalue weighted by atomic mass is 16.5. The summed E-state index contributed by atoms with van der Waals surface area (Å²) in [5.74, 6) is -2.22. The molecular weight excluding hydrogens is 440 g/mol. The largest absolute Gasteiger partial charge is 0.464 e. The zero-order valence-corrected chi connectivity index (χ0v) is 19.1. The first kappa shape index (κ1) is 26.2. The molecule has 2 aromatic rings. The predicted octanol–water partition coefficient (Wildman–Crippen LogP) is 1.84. The zero-order valence-electron chi connectivity index (χ0n) is 19.1. The molecule has 2 rings (SSSR count). The van der Waals surface area contributed by atoms with Crippen molar-refractivity contribution in [3.63, 3.8) is 0 Å². The summed E-state index contributed by atoms with van der Waals surface area (Å²) in [5.41, 5.74) is 0.334. The van der Waals surface area contributed by atoms with Crippen LogP contribution in [-0.2, 0) is 19.1 Å². The average Bonchev–Trinajstić information content (AvgIpc) is 2.86. The van der Waals surface area contributed by atoms with Gasteiger partial charge in [-0.15, -0.1) is 0 Å². The number of nitrogens with zero attached hydrogens (tertiary/aromatic N) is 2. The summed E-state index contributed by atoms with van der Waals surface area (Å²) < 4.78 is 10.1. The molecule has 2 heterocycles. The lowest BCUT2D eigenvalue weighted by atomic mass is 10.1. The van der Waals surface area contributed by atoms with Gasteiger partial charge >= 0.3 is 11.9 Å². The van der Waals surface area contributed by atoms with Crippen molar-refractivity contribution < 1.29 is 28.7 Å². The van der Waals surface area contributed by atoms with Gasteiger partial charge in [0, 0.05) is 12.4 Å². The van der Waals surface area contributed by atoms with Crippen LogP contribution >= 0.6 is 0 Å². The molecular formula is C24H28N4O6.